The van der Waals surface area contributed by atoms with Crippen LogP contribution in [0.15, 0.2) is 46.9 Å². The lowest BCUT2D eigenvalue weighted by molar-refractivity contribution is 0.101. The molecular formula is C16H10Cl2O2. The van der Waals surface area contributed by atoms with Gasteiger partial charge in [0.2, 0.25) is 5.78 Å². The van der Waals surface area contributed by atoms with Gasteiger partial charge in [-0.25, -0.2) is 0 Å². The van der Waals surface area contributed by atoms with E-state index in [2.05, 4.69) is 0 Å². The first-order valence-corrected chi connectivity index (χ1v) is 6.81. The summed E-state index contributed by atoms with van der Waals surface area (Å²) in [5.74, 6) is 0.0655. The highest BCUT2D eigenvalue weighted by Gasteiger charge is 2.17. The van der Waals surface area contributed by atoms with Gasteiger partial charge in [0, 0.05) is 16.0 Å². The van der Waals surface area contributed by atoms with Gasteiger partial charge in [0.05, 0.1) is 5.02 Å². The molecule has 100 valence electrons. The molecule has 0 bridgehead atoms. The SMILES string of the molecule is Cc1ccc(Cl)cc1C(=O)c1cc2cccc(Cl)c2o1. The van der Waals surface area contributed by atoms with E-state index in [-0.39, 0.29) is 11.5 Å². The van der Waals surface area contributed by atoms with Crippen LogP contribution in [0.3, 0.4) is 0 Å². The molecule has 2 aromatic carbocycles. The fourth-order valence-corrected chi connectivity index (χ4v) is 2.50. The number of ketones is 1. The highest BCUT2D eigenvalue weighted by Crippen LogP contribution is 2.28. The maximum absolute atomic E-state index is 12.5. The third-order valence-electron chi connectivity index (χ3n) is 3.16. The molecule has 1 heterocycles. The number of benzene rings is 2. The van der Waals surface area contributed by atoms with E-state index < -0.39 is 0 Å². The average Bonchev–Trinajstić information content (AvgIpc) is 2.86. The summed E-state index contributed by atoms with van der Waals surface area (Å²) in [5, 5.41) is 1.82. The number of rotatable bonds is 2. The molecular weight excluding hydrogens is 295 g/mol. The monoisotopic (exact) mass is 304 g/mol. The Balaban J connectivity index is 2.13. The van der Waals surface area contributed by atoms with Crippen LogP contribution in [0.25, 0.3) is 11.0 Å². The molecule has 2 nitrogen and oxygen atoms in total. The molecule has 0 amide bonds. The zero-order valence-corrected chi connectivity index (χ0v) is 12.1. The molecule has 0 radical (unpaired) electrons. The van der Waals surface area contributed by atoms with Crippen LogP contribution in [-0.2, 0) is 0 Å². The quantitative estimate of drug-likeness (QED) is 0.603. The van der Waals surface area contributed by atoms with Crippen LogP contribution in [-0.4, -0.2) is 5.78 Å². The molecule has 4 heteroatoms. The second-order valence-electron chi connectivity index (χ2n) is 4.56. The maximum atomic E-state index is 12.5. The Kier molecular flexibility index (Phi) is 3.28. The number of carbonyl (C=O) groups is 1. The Morgan fingerprint density at radius 3 is 2.65 bits per heavy atom. The van der Waals surface area contributed by atoms with Gasteiger partial charge in [0.25, 0.3) is 0 Å². The summed E-state index contributed by atoms with van der Waals surface area (Å²) in [7, 11) is 0. The number of halogens is 2. The van der Waals surface area contributed by atoms with Gasteiger partial charge < -0.3 is 4.42 Å². The van der Waals surface area contributed by atoms with Gasteiger partial charge >= 0.3 is 0 Å². The molecule has 1 aromatic heterocycles. The molecule has 0 saturated carbocycles. The van der Waals surface area contributed by atoms with Gasteiger partial charge in [-0.3, -0.25) is 4.79 Å². The second-order valence-corrected chi connectivity index (χ2v) is 5.40. The van der Waals surface area contributed by atoms with E-state index in [0.29, 0.717) is 21.2 Å². The van der Waals surface area contributed by atoms with Crippen molar-refractivity contribution in [3.05, 3.63) is 69.4 Å². The predicted molar refractivity (Wildman–Crippen MR) is 80.8 cm³/mol. The van der Waals surface area contributed by atoms with E-state index in [0.717, 1.165) is 10.9 Å². The van der Waals surface area contributed by atoms with Gasteiger partial charge in [-0.2, -0.15) is 0 Å². The van der Waals surface area contributed by atoms with E-state index >= 15 is 0 Å². The Hall–Kier alpha value is -1.77. The molecule has 0 aliphatic rings. The summed E-state index contributed by atoms with van der Waals surface area (Å²) in [5.41, 5.74) is 1.91. The van der Waals surface area contributed by atoms with Crippen LogP contribution in [0.2, 0.25) is 10.0 Å². The summed E-state index contributed by atoms with van der Waals surface area (Å²) in [6, 6.07) is 12.3. The Morgan fingerprint density at radius 1 is 1.10 bits per heavy atom. The molecule has 3 aromatic rings. The minimum Gasteiger partial charge on any atom is -0.451 e. The lowest BCUT2D eigenvalue weighted by Gasteiger charge is -2.03. The number of hydrogen-bond donors (Lipinski definition) is 0. The maximum Gasteiger partial charge on any atom is 0.228 e. The first kappa shape index (κ1) is 13.2. The number of carbonyl (C=O) groups excluding carboxylic acids is 1. The normalized spacial score (nSPS) is 10.9. The summed E-state index contributed by atoms with van der Waals surface area (Å²) in [4.78, 5) is 12.5. The fraction of sp³-hybridized carbons (Fsp3) is 0.0625. The van der Waals surface area contributed by atoms with Gasteiger partial charge in [-0.1, -0.05) is 41.4 Å². The van der Waals surface area contributed by atoms with Crippen LogP contribution in [0, 0.1) is 6.92 Å². The molecule has 20 heavy (non-hydrogen) atoms. The molecule has 0 N–H and O–H groups in total. The lowest BCUT2D eigenvalue weighted by atomic mass is 10.0. The zero-order valence-electron chi connectivity index (χ0n) is 10.6. The van der Waals surface area contributed by atoms with E-state index in [1.54, 1.807) is 24.3 Å². The summed E-state index contributed by atoms with van der Waals surface area (Å²) in [6.45, 7) is 1.86. The van der Waals surface area contributed by atoms with Crippen LogP contribution >= 0.6 is 23.2 Å². The molecule has 0 fully saturated rings. The molecule has 0 aliphatic carbocycles. The third-order valence-corrected chi connectivity index (χ3v) is 3.70. The van der Waals surface area contributed by atoms with Crippen molar-refractivity contribution < 1.29 is 9.21 Å². The number of aryl methyl sites for hydroxylation is 1. The third kappa shape index (κ3) is 2.21. The lowest BCUT2D eigenvalue weighted by Crippen LogP contribution is -2.02. The van der Waals surface area contributed by atoms with Crippen molar-refractivity contribution in [1.82, 2.24) is 0 Å². The fourth-order valence-electron chi connectivity index (χ4n) is 2.11. The van der Waals surface area contributed by atoms with E-state index in [9.17, 15) is 4.79 Å². The van der Waals surface area contributed by atoms with Gasteiger partial charge in [-0.05, 0) is 36.8 Å². The molecule has 0 unspecified atom stereocenters. The van der Waals surface area contributed by atoms with Crippen molar-refractivity contribution in [3.63, 3.8) is 0 Å². The highest BCUT2D eigenvalue weighted by atomic mass is 35.5. The van der Waals surface area contributed by atoms with Crippen LogP contribution in [0.4, 0.5) is 0 Å². The number of hydrogen-bond acceptors (Lipinski definition) is 2. The number of para-hydroxylation sites is 1. The Labute approximate surface area is 125 Å². The Bertz CT molecular complexity index is 818. The van der Waals surface area contributed by atoms with Gasteiger partial charge in [-0.15, -0.1) is 0 Å². The summed E-state index contributed by atoms with van der Waals surface area (Å²) >= 11 is 12.0. The number of fused-ring (bicyclic) bond motifs is 1. The van der Waals surface area contributed by atoms with Gasteiger partial charge in [0.15, 0.2) is 11.3 Å². The molecule has 0 aliphatic heterocycles. The van der Waals surface area contributed by atoms with Crippen molar-refractivity contribution >= 4 is 40.0 Å². The van der Waals surface area contributed by atoms with E-state index in [1.807, 2.05) is 25.1 Å². The van der Waals surface area contributed by atoms with Crippen molar-refractivity contribution in [2.75, 3.05) is 0 Å². The number of furan rings is 1. The predicted octanol–water partition coefficient (Wildman–Crippen LogP) is 5.28. The van der Waals surface area contributed by atoms with E-state index in [4.69, 9.17) is 27.6 Å². The second kappa shape index (κ2) is 4.97. The average molecular weight is 305 g/mol. The zero-order chi connectivity index (χ0) is 14.3. The van der Waals surface area contributed by atoms with Crippen molar-refractivity contribution in [1.29, 1.82) is 0 Å². The van der Waals surface area contributed by atoms with Crippen molar-refractivity contribution in [2.45, 2.75) is 6.92 Å². The minimum absolute atomic E-state index is 0.197. The highest BCUT2D eigenvalue weighted by molar-refractivity contribution is 6.35. The first-order valence-electron chi connectivity index (χ1n) is 6.05. The molecule has 0 atom stereocenters. The topological polar surface area (TPSA) is 30.2 Å². The molecule has 3 rings (SSSR count). The molecule has 0 saturated heterocycles. The van der Waals surface area contributed by atoms with E-state index in [1.165, 1.54) is 0 Å². The standard InChI is InChI=1S/C16H10Cl2O2/c1-9-5-6-11(17)8-12(9)15(19)14-7-10-3-2-4-13(18)16(10)20-14/h2-8H,1H3. The van der Waals surface area contributed by atoms with Crippen molar-refractivity contribution in [3.8, 4) is 0 Å². The largest absolute Gasteiger partial charge is 0.451 e. The summed E-state index contributed by atoms with van der Waals surface area (Å²) < 4.78 is 5.59. The molecule has 0 spiro atoms. The van der Waals surface area contributed by atoms with Gasteiger partial charge in [0.1, 0.15) is 0 Å². The van der Waals surface area contributed by atoms with Crippen molar-refractivity contribution in [2.24, 2.45) is 0 Å². The minimum atomic E-state index is -0.197. The smallest absolute Gasteiger partial charge is 0.228 e. The Morgan fingerprint density at radius 2 is 1.90 bits per heavy atom. The van der Waals surface area contributed by atoms with Crippen LogP contribution < -0.4 is 0 Å². The van der Waals surface area contributed by atoms with Crippen LogP contribution in [0.1, 0.15) is 21.7 Å². The van der Waals surface area contributed by atoms with Crippen LogP contribution in [0.5, 0.6) is 0 Å². The first-order chi connectivity index (χ1) is 9.56. The summed E-state index contributed by atoms with van der Waals surface area (Å²) in [6.07, 6.45) is 0.